The predicted molar refractivity (Wildman–Crippen MR) is 118 cm³/mol. The van der Waals surface area contributed by atoms with Crippen LogP contribution >= 0.6 is 11.8 Å². The Morgan fingerprint density at radius 2 is 1.40 bits per heavy atom. The number of anilines is 1. The first kappa shape index (κ1) is 21.3. The Bertz CT molecular complexity index is 989. The van der Waals surface area contributed by atoms with Gasteiger partial charge >= 0.3 is 5.97 Å². The zero-order chi connectivity index (χ0) is 21.2. The molecule has 0 bridgehead atoms. The van der Waals surface area contributed by atoms with Gasteiger partial charge in [-0.05, 0) is 48.5 Å². The third-order valence-corrected chi connectivity index (χ3v) is 5.20. The zero-order valence-corrected chi connectivity index (χ0v) is 17.1. The number of carbonyl (C=O) groups excluding carboxylic acids is 3. The maximum Gasteiger partial charge on any atom is 0.307 e. The molecule has 0 radical (unpaired) electrons. The van der Waals surface area contributed by atoms with Crippen LogP contribution in [-0.2, 0) is 9.53 Å². The number of hydrogen-bond acceptors (Lipinski definition) is 5. The van der Waals surface area contributed by atoms with Crippen molar-refractivity contribution in [3.63, 3.8) is 0 Å². The van der Waals surface area contributed by atoms with Crippen LogP contribution in [0.5, 0.6) is 0 Å². The molecular formula is C24H21NO4S. The van der Waals surface area contributed by atoms with Crippen LogP contribution in [0.1, 0.15) is 27.1 Å². The molecule has 0 aliphatic heterocycles. The first-order valence-corrected chi connectivity index (χ1v) is 10.4. The number of ether oxygens (including phenoxy) is 1. The van der Waals surface area contributed by atoms with Crippen LogP contribution in [0.4, 0.5) is 5.69 Å². The van der Waals surface area contributed by atoms with Gasteiger partial charge in [0.15, 0.2) is 12.4 Å². The molecule has 152 valence electrons. The molecule has 0 saturated carbocycles. The number of esters is 1. The fourth-order valence-electron chi connectivity index (χ4n) is 2.60. The standard InChI is InChI=1S/C24H21NO4S/c26-22(17-29-23(27)15-16-30-21-9-5-2-6-10-21)18-11-13-20(14-12-18)25-24(28)19-7-3-1-4-8-19/h1-14H,15-17H2,(H,25,28). The Morgan fingerprint density at radius 3 is 2.07 bits per heavy atom. The van der Waals surface area contributed by atoms with E-state index in [2.05, 4.69) is 5.32 Å². The van der Waals surface area contributed by atoms with Gasteiger partial charge in [-0.3, -0.25) is 14.4 Å². The van der Waals surface area contributed by atoms with E-state index in [0.717, 1.165) is 4.90 Å². The van der Waals surface area contributed by atoms with Gasteiger partial charge in [0.1, 0.15) is 0 Å². The minimum Gasteiger partial charge on any atom is -0.457 e. The molecule has 0 aliphatic rings. The molecule has 0 aliphatic carbocycles. The van der Waals surface area contributed by atoms with Crippen molar-refractivity contribution in [2.24, 2.45) is 0 Å². The van der Waals surface area contributed by atoms with Crippen LogP contribution in [0, 0.1) is 0 Å². The fourth-order valence-corrected chi connectivity index (χ4v) is 3.46. The zero-order valence-electron chi connectivity index (χ0n) is 16.2. The first-order chi connectivity index (χ1) is 14.6. The third-order valence-electron chi connectivity index (χ3n) is 4.18. The first-order valence-electron chi connectivity index (χ1n) is 9.45. The van der Waals surface area contributed by atoms with E-state index in [-0.39, 0.29) is 24.7 Å². The number of thioether (sulfide) groups is 1. The second-order valence-electron chi connectivity index (χ2n) is 6.39. The lowest BCUT2D eigenvalue weighted by Gasteiger charge is -2.07. The van der Waals surface area contributed by atoms with Gasteiger partial charge in [-0.2, -0.15) is 0 Å². The van der Waals surface area contributed by atoms with Crippen molar-refractivity contribution in [1.82, 2.24) is 0 Å². The number of carbonyl (C=O) groups is 3. The summed E-state index contributed by atoms with van der Waals surface area (Å²) in [4.78, 5) is 37.3. The third kappa shape index (κ3) is 6.60. The SMILES string of the molecule is O=C(CCSc1ccccc1)OCC(=O)c1ccc(NC(=O)c2ccccc2)cc1. The van der Waals surface area contributed by atoms with Crippen molar-refractivity contribution in [1.29, 1.82) is 0 Å². The fraction of sp³-hybridized carbons (Fsp3) is 0.125. The molecule has 0 heterocycles. The largest absolute Gasteiger partial charge is 0.457 e. The van der Waals surface area contributed by atoms with E-state index >= 15 is 0 Å². The summed E-state index contributed by atoms with van der Waals surface area (Å²) in [5.41, 5.74) is 1.55. The number of rotatable bonds is 9. The summed E-state index contributed by atoms with van der Waals surface area (Å²) in [6.45, 7) is -0.301. The predicted octanol–water partition coefficient (Wildman–Crippen LogP) is 4.85. The summed E-state index contributed by atoms with van der Waals surface area (Å²) in [6, 6.07) is 25.1. The summed E-state index contributed by atoms with van der Waals surface area (Å²) in [5.74, 6) is -0.331. The average molecular weight is 420 g/mol. The lowest BCUT2D eigenvalue weighted by molar-refractivity contribution is -0.141. The molecule has 0 unspecified atom stereocenters. The smallest absolute Gasteiger partial charge is 0.307 e. The molecule has 1 amide bonds. The van der Waals surface area contributed by atoms with Gasteiger partial charge in [0.2, 0.25) is 0 Å². The molecule has 0 spiro atoms. The topological polar surface area (TPSA) is 72.5 Å². The number of amides is 1. The van der Waals surface area contributed by atoms with Gasteiger partial charge < -0.3 is 10.1 Å². The summed E-state index contributed by atoms with van der Waals surface area (Å²) in [5, 5.41) is 2.77. The lowest BCUT2D eigenvalue weighted by Crippen LogP contribution is -2.15. The molecular weight excluding hydrogens is 398 g/mol. The van der Waals surface area contributed by atoms with Gasteiger partial charge in [-0.15, -0.1) is 11.8 Å². The Labute approximate surface area is 179 Å². The molecule has 3 aromatic carbocycles. The summed E-state index contributed by atoms with van der Waals surface area (Å²) < 4.78 is 5.08. The van der Waals surface area contributed by atoms with Crippen molar-refractivity contribution < 1.29 is 19.1 Å². The number of benzene rings is 3. The van der Waals surface area contributed by atoms with Gasteiger partial charge in [-0.25, -0.2) is 0 Å². The maximum atomic E-state index is 12.2. The molecule has 1 N–H and O–H groups in total. The highest BCUT2D eigenvalue weighted by Crippen LogP contribution is 2.18. The van der Waals surface area contributed by atoms with Crippen molar-refractivity contribution >= 4 is 35.1 Å². The highest BCUT2D eigenvalue weighted by Gasteiger charge is 2.11. The van der Waals surface area contributed by atoms with Gasteiger partial charge in [-0.1, -0.05) is 36.4 Å². The number of hydrogen-bond donors (Lipinski definition) is 1. The summed E-state index contributed by atoms with van der Waals surface area (Å²) in [7, 11) is 0. The van der Waals surface area contributed by atoms with Gasteiger partial charge in [0.25, 0.3) is 5.91 Å². The normalized spacial score (nSPS) is 10.3. The van der Waals surface area contributed by atoms with Crippen LogP contribution < -0.4 is 5.32 Å². The van der Waals surface area contributed by atoms with Crippen molar-refractivity contribution in [3.8, 4) is 0 Å². The van der Waals surface area contributed by atoms with Crippen molar-refractivity contribution in [3.05, 3.63) is 96.1 Å². The van der Waals surface area contributed by atoms with Gasteiger partial charge in [0, 0.05) is 27.5 Å². The Kier molecular flexibility index (Phi) is 7.80. The molecule has 0 aromatic heterocycles. The van der Waals surface area contributed by atoms with E-state index in [1.807, 2.05) is 36.4 Å². The summed E-state index contributed by atoms with van der Waals surface area (Å²) >= 11 is 1.56. The highest BCUT2D eigenvalue weighted by molar-refractivity contribution is 7.99. The monoisotopic (exact) mass is 419 g/mol. The number of nitrogens with one attached hydrogen (secondary N) is 1. The molecule has 0 atom stereocenters. The van der Waals surface area contributed by atoms with Crippen molar-refractivity contribution in [2.75, 3.05) is 17.7 Å². The van der Waals surface area contributed by atoms with E-state index in [0.29, 0.717) is 22.6 Å². The number of Topliss-reactive ketones (excluding diaryl/α,β-unsaturated/α-hetero) is 1. The molecule has 3 rings (SSSR count). The van der Waals surface area contributed by atoms with E-state index in [1.54, 1.807) is 60.3 Å². The Balaban J connectivity index is 1.42. The van der Waals surface area contributed by atoms with Crippen LogP contribution in [0.3, 0.4) is 0 Å². The summed E-state index contributed by atoms with van der Waals surface area (Å²) in [6.07, 6.45) is 0.233. The minimum absolute atomic E-state index is 0.225. The molecule has 0 saturated heterocycles. The second-order valence-corrected chi connectivity index (χ2v) is 7.56. The highest BCUT2D eigenvalue weighted by atomic mass is 32.2. The second kappa shape index (κ2) is 11.0. The van der Waals surface area contributed by atoms with Gasteiger partial charge in [0.05, 0.1) is 6.42 Å². The van der Waals surface area contributed by atoms with Crippen molar-refractivity contribution in [2.45, 2.75) is 11.3 Å². The van der Waals surface area contributed by atoms with Crippen LogP contribution in [0.15, 0.2) is 89.8 Å². The lowest BCUT2D eigenvalue weighted by atomic mass is 10.1. The maximum absolute atomic E-state index is 12.2. The average Bonchev–Trinajstić information content (AvgIpc) is 2.79. The van der Waals surface area contributed by atoms with Crippen LogP contribution in [-0.4, -0.2) is 30.0 Å². The molecule has 0 fully saturated rings. The van der Waals surface area contributed by atoms with E-state index in [9.17, 15) is 14.4 Å². The molecule has 5 nitrogen and oxygen atoms in total. The van der Waals surface area contributed by atoms with Crippen LogP contribution in [0.2, 0.25) is 0 Å². The molecule has 3 aromatic rings. The van der Waals surface area contributed by atoms with E-state index < -0.39 is 5.97 Å². The van der Waals surface area contributed by atoms with E-state index in [4.69, 9.17) is 4.74 Å². The molecule has 6 heteroatoms. The minimum atomic E-state index is -0.404. The number of ketones is 1. The quantitative estimate of drug-likeness (QED) is 0.305. The Hall–Kier alpha value is -3.38. The van der Waals surface area contributed by atoms with Crippen LogP contribution in [0.25, 0.3) is 0 Å². The Morgan fingerprint density at radius 1 is 0.767 bits per heavy atom. The van der Waals surface area contributed by atoms with E-state index in [1.165, 1.54) is 0 Å². The molecule has 30 heavy (non-hydrogen) atoms.